The summed E-state index contributed by atoms with van der Waals surface area (Å²) in [5.74, 6) is -0.216. The zero-order valence-electron chi connectivity index (χ0n) is 13.7. The predicted octanol–water partition coefficient (Wildman–Crippen LogP) is 2.88. The van der Waals surface area contributed by atoms with Crippen LogP contribution in [-0.2, 0) is 18.4 Å². The van der Waals surface area contributed by atoms with Crippen molar-refractivity contribution in [3.05, 3.63) is 57.4 Å². The fourth-order valence-electron chi connectivity index (χ4n) is 2.29. The van der Waals surface area contributed by atoms with Crippen molar-refractivity contribution in [1.82, 2.24) is 14.5 Å². The van der Waals surface area contributed by atoms with E-state index in [0.717, 1.165) is 5.56 Å². The molecule has 0 bridgehead atoms. The number of thiophene rings is 1. The second kappa shape index (κ2) is 7.37. The Morgan fingerprint density at radius 3 is 2.76 bits per heavy atom. The van der Waals surface area contributed by atoms with E-state index < -0.39 is 0 Å². The van der Waals surface area contributed by atoms with Crippen LogP contribution in [-0.4, -0.2) is 33.2 Å². The molecule has 8 heteroatoms. The molecular formula is C17H16FN3O2S2. The molecule has 1 aromatic carbocycles. The number of thioether (sulfide) groups is 1. The Bertz CT molecular complexity index is 966. The Labute approximate surface area is 152 Å². The predicted molar refractivity (Wildman–Crippen MR) is 98.5 cm³/mol. The van der Waals surface area contributed by atoms with Crippen molar-refractivity contribution in [3.63, 3.8) is 0 Å². The van der Waals surface area contributed by atoms with E-state index in [1.165, 1.54) is 39.8 Å². The molecule has 0 fully saturated rings. The summed E-state index contributed by atoms with van der Waals surface area (Å²) in [4.78, 5) is 30.6. The first-order valence-electron chi connectivity index (χ1n) is 7.51. The third-order valence-corrected chi connectivity index (χ3v) is 5.64. The number of benzene rings is 1. The van der Waals surface area contributed by atoms with Crippen molar-refractivity contribution in [2.45, 2.75) is 11.7 Å². The van der Waals surface area contributed by atoms with Gasteiger partial charge in [-0.05, 0) is 29.1 Å². The number of nitrogens with zero attached hydrogens (tertiary/aromatic N) is 3. The molecule has 1 amide bonds. The van der Waals surface area contributed by atoms with Gasteiger partial charge in [-0.1, -0.05) is 23.9 Å². The van der Waals surface area contributed by atoms with Crippen molar-refractivity contribution in [1.29, 1.82) is 0 Å². The molecule has 0 aliphatic heterocycles. The number of aromatic nitrogens is 2. The van der Waals surface area contributed by atoms with E-state index in [1.807, 2.05) is 5.38 Å². The summed E-state index contributed by atoms with van der Waals surface area (Å²) in [5, 5.41) is 2.34. The average Bonchev–Trinajstić information content (AvgIpc) is 3.07. The first-order chi connectivity index (χ1) is 12.0. The van der Waals surface area contributed by atoms with Gasteiger partial charge in [-0.15, -0.1) is 11.3 Å². The van der Waals surface area contributed by atoms with Crippen LogP contribution in [0.5, 0.6) is 0 Å². The van der Waals surface area contributed by atoms with Crippen LogP contribution in [0.3, 0.4) is 0 Å². The zero-order valence-corrected chi connectivity index (χ0v) is 15.4. The summed E-state index contributed by atoms with van der Waals surface area (Å²) >= 11 is 2.60. The first kappa shape index (κ1) is 17.6. The van der Waals surface area contributed by atoms with E-state index in [2.05, 4.69) is 4.98 Å². The van der Waals surface area contributed by atoms with E-state index in [0.29, 0.717) is 21.9 Å². The highest BCUT2D eigenvalue weighted by Gasteiger charge is 2.14. The fraction of sp³-hybridized carbons (Fsp3) is 0.235. The molecule has 0 aliphatic carbocycles. The molecule has 130 valence electrons. The maximum Gasteiger partial charge on any atom is 0.271 e. The van der Waals surface area contributed by atoms with Crippen LogP contribution in [0.4, 0.5) is 4.39 Å². The van der Waals surface area contributed by atoms with E-state index >= 15 is 0 Å². The molecule has 25 heavy (non-hydrogen) atoms. The summed E-state index contributed by atoms with van der Waals surface area (Å²) in [7, 11) is 3.35. The number of amides is 1. The summed E-state index contributed by atoms with van der Waals surface area (Å²) in [6, 6.07) is 7.86. The molecule has 3 aromatic rings. The van der Waals surface area contributed by atoms with Gasteiger partial charge in [0.25, 0.3) is 5.56 Å². The van der Waals surface area contributed by atoms with E-state index in [9.17, 15) is 14.0 Å². The van der Waals surface area contributed by atoms with Gasteiger partial charge in [0.2, 0.25) is 5.91 Å². The third-order valence-electron chi connectivity index (χ3n) is 3.73. The Hall–Kier alpha value is -2.19. The van der Waals surface area contributed by atoms with Gasteiger partial charge < -0.3 is 4.90 Å². The van der Waals surface area contributed by atoms with Crippen molar-refractivity contribution in [2.75, 3.05) is 12.8 Å². The van der Waals surface area contributed by atoms with Crippen LogP contribution in [0.15, 0.2) is 45.7 Å². The average molecular weight is 377 g/mol. The van der Waals surface area contributed by atoms with Gasteiger partial charge in [0.15, 0.2) is 5.16 Å². The number of carbonyl (C=O) groups is 1. The van der Waals surface area contributed by atoms with Crippen molar-refractivity contribution in [3.8, 4) is 0 Å². The van der Waals surface area contributed by atoms with Gasteiger partial charge >= 0.3 is 0 Å². The lowest BCUT2D eigenvalue weighted by Crippen LogP contribution is -2.28. The second-order valence-corrected chi connectivity index (χ2v) is 7.42. The highest BCUT2D eigenvalue weighted by molar-refractivity contribution is 7.99. The van der Waals surface area contributed by atoms with Crippen molar-refractivity contribution in [2.24, 2.45) is 7.05 Å². The monoisotopic (exact) mass is 377 g/mol. The third kappa shape index (κ3) is 3.91. The topological polar surface area (TPSA) is 55.2 Å². The quantitative estimate of drug-likeness (QED) is 0.507. The maximum atomic E-state index is 12.9. The normalized spacial score (nSPS) is 11.0. The van der Waals surface area contributed by atoms with Crippen LogP contribution in [0, 0.1) is 5.82 Å². The Morgan fingerprint density at radius 2 is 2.04 bits per heavy atom. The molecule has 2 heterocycles. The smallest absolute Gasteiger partial charge is 0.271 e. The van der Waals surface area contributed by atoms with Gasteiger partial charge in [0, 0.05) is 20.6 Å². The Kier molecular flexibility index (Phi) is 5.19. The fourth-order valence-corrected chi connectivity index (χ4v) is 4.00. The lowest BCUT2D eigenvalue weighted by atomic mass is 10.2. The zero-order chi connectivity index (χ0) is 18.0. The molecule has 0 spiro atoms. The van der Waals surface area contributed by atoms with Gasteiger partial charge in [0.05, 0.1) is 11.3 Å². The van der Waals surface area contributed by atoms with Crippen LogP contribution in [0.2, 0.25) is 0 Å². The summed E-state index contributed by atoms with van der Waals surface area (Å²) < 4.78 is 15.0. The van der Waals surface area contributed by atoms with Gasteiger partial charge in [-0.2, -0.15) is 0 Å². The van der Waals surface area contributed by atoms with E-state index in [4.69, 9.17) is 0 Å². The van der Waals surface area contributed by atoms with E-state index in [-0.39, 0.29) is 23.0 Å². The maximum absolute atomic E-state index is 12.9. The van der Waals surface area contributed by atoms with Crippen LogP contribution in [0.1, 0.15) is 5.56 Å². The molecule has 0 atom stereocenters. The van der Waals surface area contributed by atoms with Crippen LogP contribution in [0.25, 0.3) is 10.2 Å². The molecular weight excluding hydrogens is 361 g/mol. The SMILES string of the molecule is CN(Cc1ccc(F)cc1)C(=O)CSc1nc2ccsc2c(=O)n1C. The van der Waals surface area contributed by atoms with Gasteiger partial charge in [-0.3, -0.25) is 14.2 Å². The Morgan fingerprint density at radius 1 is 1.32 bits per heavy atom. The number of carbonyl (C=O) groups excluding carboxylic acids is 1. The molecule has 0 aliphatic rings. The lowest BCUT2D eigenvalue weighted by Gasteiger charge is -2.17. The molecule has 5 nitrogen and oxygen atoms in total. The second-order valence-electron chi connectivity index (χ2n) is 5.56. The lowest BCUT2D eigenvalue weighted by molar-refractivity contribution is -0.127. The summed E-state index contributed by atoms with van der Waals surface area (Å²) in [6.07, 6.45) is 0. The number of halogens is 1. The molecule has 0 radical (unpaired) electrons. The van der Waals surface area contributed by atoms with Gasteiger partial charge in [-0.25, -0.2) is 9.37 Å². The number of fused-ring (bicyclic) bond motifs is 1. The summed E-state index contributed by atoms with van der Waals surface area (Å²) in [6.45, 7) is 0.398. The highest BCUT2D eigenvalue weighted by atomic mass is 32.2. The first-order valence-corrected chi connectivity index (χ1v) is 9.37. The molecule has 0 N–H and O–H groups in total. The summed E-state index contributed by atoms with van der Waals surface area (Å²) in [5.41, 5.74) is 1.41. The van der Waals surface area contributed by atoms with E-state index in [1.54, 1.807) is 37.2 Å². The molecule has 0 saturated carbocycles. The Balaban J connectivity index is 1.66. The molecule has 3 rings (SSSR count). The largest absolute Gasteiger partial charge is 0.341 e. The molecule has 0 saturated heterocycles. The minimum absolute atomic E-state index is 0.0889. The van der Waals surface area contributed by atoms with Crippen LogP contribution >= 0.6 is 23.1 Å². The highest BCUT2D eigenvalue weighted by Crippen LogP contribution is 2.20. The van der Waals surface area contributed by atoms with Crippen LogP contribution < -0.4 is 5.56 Å². The number of hydrogen-bond donors (Lipinski definition) is 0. The minimum atomic E-state index is -0.302. The van der Waals surface area contributed by atoms with Crippen molar-refractivity contribution >= 4 is 39.2 Å². The number of rotatable bonds is 5. The molecule has 0 unspecified atom stereocenters. The number of hydrogen-bond acceptors (Lipinski definition) is 5. The van der Waals surface area contributed by atoms with Crippen molar-refractivity contribution < 1.29 is 9.18 Å². The van der Waals surface area contributed by atoms with Gasteiger partial charge in [0.1, 0.15) is 10.5 Å². The standard InChI is InChI=1S/C17H16FN3O2S2/c1-20(9-11-3-5-12(18)6-4-11)14(22)10-25-17-19-13-7-8-24-15(13)16(23)21(17)2/h3-8H,9-10H2,1-2H3. The molecule has 2 aromatic heterocycles. The minimum Gasteiger partial charge on any atom is -0.341 e.